The smallest absolute Gasteiger partial charge is 0.418 e. The summed E-state index contributed by atoms with van der Waals surface area (Å²) in [6.45, 7) is 6.44. The van der Waals surface area contributed by atoms with Gasteiger partial charge < -0.3 is 19.4 Å². The van der Waals surface area contributed by atoms with Crippen LogP contribution in [0.15, 0.2) is 36.9 Å². The van der Waals surface area contributed by atoms with E-state index in [0.29, 0.717) is 44.1 Å². The summed E-state index contributed by atoms with van der Waals surface area (Å²) >= 11 is 0. The van der Waals surface area contributed by atoms with Crippen LogP contribution >= 0.6 is 0 Å². The average molecular weight is 596 g/mol. The molecule has 43 heavy (non-hydrogen) atoms. The van der Waals surface area contributed by atoms with Gasteiger partial charge >= 0.3 is 12.2 Å². The molecule has 9 nitrogen and oxygen atoms in total. The first-order chi connectivity index (χ1) is 20.6. The Morgan fingerprint density at radius 1 is 1.19 bits per heavy atom. The van der Waals surface area contributed by atoms with Crippen molar-refractivity contribution in [2.45, 2.75) is 68.9 Å². The molecule has 6 rings (SSSR count). The first-order valence-corrected chi connectivity index (χ1v) is 14.9. The number of benzene rings is 1. The van der Waals surface area contributed by atoms with Crippen LogP contribution in [0.3, 0.4) is 0 Å². The van der Waals surface area contributed by atoms with E-state index in [1.165, 1.54) is 18.2 Å². The Hall–Kier alpha value is -3.85. The molecular formula is C31H36F3N7O2. The van der Waals surface area contributed by atoms with Crippen molar-refractivity contribution in [3.8, 4) is 12.1 Å². The third kappa shape index (κ3) is 5.62. The van der Waals surface area contributed by atoms with Crippen molar-refractivity contribution < 1.29 is 22.7 Å². The van der Waals surface area contributed by atoms with E-state index in [1.807, 2.05) is 0 Å². The second-order valence-corrected chi connectivity index (χ2v) is 11.9. The number of anilines is 2. The van der Waals surface area contributed by atoms with E-state index in [-0.39, 0.29) is 48.3 Å². The maximum atomic E-state index is 13.9. The molecule has 12 heteroatoms. The number of piperazine rings is 1. The SMILES string of the molecule is C=CC(=O)N1CCN(c2nc(OC3(C4CCCN4C)CC3)nc3c2CCN(c2ccccc2C(F)(F)F)C3)CC1CC#N. The molecule has 0 bridgehead atoms. The lowest BCUT2D eigenvalue weighted by Gasteiger charge is -2.42. The van der Waals surface area contributed by atoms with Crippen molar-refractivity contribution >= 4 is 17.4 Å². The number of nitriles is 1. The molecule has 1 aromatic carbocycles. The normalized spacial score (nSPS) is 23.5. The molecule has 4 aliphatic rings. The largest absolute Gasteiger partial charge is 0.455 e. The van der Waals surface area contributed by atoms with Crippen LogP contribution in [-0.4, -0.2) is 83.1 Å². The molecule has 2 saturated heterocycles. The molecule has 0 radical (unpaired) electrons. The Bertz CT molecular complexity index is 1440. The Balaban J connectivity index is 1.36. The number of halogens is 3. The fraction of sp³-hybridized carbons (Fsp3) is 0.548. The van der Waals surface area contributed by atoms with Crippen molar-refractivity contribution in [1.29, 1.82) is 5.26 Å². The number of para-hydroxylation sites is 1. The number of ether oxygens (including phenoxy) is 1. The van der Waals surface area contributed by atoms with Gasteiger partial charge in [0, 0.05) is 43.5 Å². The highest BCUT2D eigenvalue weighted by atomic mass is 19.4. The van der Waals surface area contributed by atoms with E-state index < -0.39 is 11.7 Å². The number of hydrogen-bond donors (Lipinski definition) is 0. The van der Waals surface area contributed by atoms with Gasteiger partial charge in [0.1, 0.15) is 11.4 Å². The van der Waals surface area contributed by atoms with Gasteiger partial charge in [-0.2, -0.15) is 28.4 Å². The standard InChI is InChI=1S/C31H36F3N7O2/c1-3-27(42)41-18-17-40(19-21(41)10-14-35)28-22-11-16-39(25-8-5-4-7-23(25)31(32,33)34)20-24(22)36-29(37-28)43-30(12-13-30)26-9-6-15-38(26)2/h3-5,7-8,21,26H,1,6,9-13,15-20H2,2H3. The van der Waals surface area contributed by atoms with Gasteiger partial charge in [-0.1, -0.05) is 18.7 Å². The zero-order valence-electron chi connectivity index (χ0n) is 24.3. The summed E-state index contributed by atoms with van der Waals surface area (Å²) in [5.41, 5.74) is 0.593. The van der Waals surface area contributed by atoms with Crippen LogP contribution in [-0.2, 0) is 23.9 Å². The van der Waals surface area contributed by atoms with Crippen LogP contribution in [0.5, 0.6) is 6.01 Å². The van der Waals surface area contributed by atoms with Crippen LogP contribution in [0.25, 0.3) is 0 Å². The Morgan fingerprint density at radius 2 is 1.98 bits per heavy atom. The van der Waals surface area contributed by atoms with Gasteiger partial charge in [-0.15, -0.1) is 0 Å². The van der Waals surface area contributed by atoms with Crippen molar-refractivity contribution in [1.82, 2.24) is 19.8 Å². The molecule has 228 valence electrons. The van der Waals surface area contributed by atoms with Gasteiger partial charge in [0.05, 0.1) is 36.3 Å². The number of amides is 1. The van der Waals surface area contributed by atoms with Crippen LogP contribution in [0.1, 0.15) is 48.9 Å². The monoisotopic (exact) mass is 595 g/mol. The minimum absolute atomic E-state index is 0.125. The molecule has 2 unspecified atom stereocenters. The number of fused-ring (bicyclic) bond motifs is 1. The first kappa shape index (κ1) is 29.2. The Labute approximate surface area is 249 Å². The number of alkyl halides is 3. The second-order valence-electron chi connectivity index (χ2n) is 11.9. The quantitative estimate of drug-likeness (QED) is 0.441. The minimum atomic E-state index is -4.48. The van der Waals surface area contributed by atoms with Gasteiger partial charge in [-0.05, 0) is 63.9 Å². The van der Waals surface area contributed by atoms with Gasteiger partial charge in [0.2, 0.25) is 5.91 Å². The fourth-order valence-corrected chi connectivity index (χ4v) is 7.01. The van der Waals surface area contributed by atoms with Crippen molar-refractivity contribution in [3.05, 3.63) is 53.7 Å². The van der Waals surface area contributed by atoms with Crippen LogP contribution in [0, 0.1) is 11.3 Å². The zero-order valence-corrected chi connectivity index (χ0v) is 24.3. The summed E-state index contributed by atoms with van der Waals surface area (Å²) in [6.07, 6.45) is 1.32. The molecule has 3 fully saturated rings. The third-order valence-electron chi connectivity index (χ3n) is 9.30. The molecule has 1 aliphatic carbocycles. The molecule has 4 heterocycles. The molecule has 2 aromatic rings. The number of hydrogen-bond acceptors (Lipinski definition) is 8. The average Bonchev–Trinajstić information content (AvgIpc) is 3.64. The topological polar surface area (TPSA) is 88.8 Å². The maximum absolute atomic E-state index is 13.9. The Kier molecular flexibility index (Phi) is 7.71. The number of nitrogens with zero attached hydrogens (tertiary/aromatic N) is 7. The van der Waals surface area contributed by atoms with E-state index in [0.717, 1.165) is 43.9 Å². The van der Waals surface area contributed by atoms with Crippen molar-refractivity contribution in [3.63, 3.8) is 0 Å². The molecular weight excluding hydrogens is 559 g/mol. The van der Waals surface area contributed by atoms with Gasteiger partial charge in [-0.3, -0.25) is 9.69 Å². The van der Waals surface area contributed by atoms with Crippen LogP contribution in [0.4, 0.5) is 24.7 Å². The zero-order chi connectivity index (χ0) is 30.4. The highest BCUT2D eigenvalue weighted by molar-refractivity contribution is 5.87. The number of carbonyl (C=O) groups excluding carboxylic acids is 1. The lowest BCUT2D eigenvalue weighted by molar-refractivity contribution is -0.137. The number of carbonyl (C=O) groups is 1. The van der Waals surface area contributed by atoms with E-state index in [1.54, 1.807) is 15.9 Å². The molecule has 1 aromatic heterocycles. The van der Waals surface area contributed by atoms with E-state index in [2.05, 4.69) is 29.5 Å². The predicted molar refractivity (Wildman–Crippen MR) is 155 cm³/mol. The number of likely N-dealkylation sites (N-methyl/N-ethyl adjacent to an activating group) is 1. The second kappa shape index (κ2) is 11.3. The highest BCUT2D eigenvalue weighted by Gasteiger charge is 2.55. The predicted octanol–water partition coefficient (Wildman–Crippen LogP) is 4.18. The summed E-state index contributed by atoms with van der Waals surface area (Å²) in [7, 11) is 2.11. The van der Waals surface area contributed by atoms with Crippen molar-refractivity contribution in [2.75, 3.05) is 49.6 Å². The lowest BCUT2D eigenvalue weighted by Crippen LogP contribution is -2.55. The van der Waals surface area contributed by atoms with Gasteiger partial charge in [0.15, 0.2) is 0 Å². The Morgan fingerprint density at radius 3 is 2.65 bits per heavy atom. The van der Waals surface area contributed by atoms with Crippen molar-refractivity contribution in [2.24, 2.45) is 0 Å². The number of likely N-dealkylation sites (tertiary alicyclic amines) is 1. The van der Waals surface area contributed by atoms with E-state index in [4.69, 9.17) is 14.7 Å². The van der Waals surface area contributed by atoms with Crippen LogP contribution in [0.2, 0.25) is 0 Å². The highest BCUT2D eigenvalue weighted by Crippen LogP contribution is 2.48. The molecule has 2 atom stereocenters. The number of rotatable bonds is 7. The lowest BCUT2D eigenvalue weighted by atomic mass is 10.0. The third-order valence-corrected chi connectivity index (χ3v) is 9.30. The summed E-state index contributed by atoms with van der Waals surface area (Å²) in [5.74, 6) is 0.456. The molecule has 0 N–H and O–H groups in total. The van der Waals surface area contributed by atoms with E-state index >= 15 is 0 Å². The fourth-order valence-electron chi connectivity index (χ4n) is 7.01. The van der Waals surface area contributed by atoms with Gasteiger partial charge in [-0.25, -0.2) is 0 Å². The first-order valence-electron chi connectivity index (χ1n) is 14.9. The molecule has 0 spiro atoms. The molecule has 1 saturated carbocycles. The molecule has 3 aliphatic heterocycles. The van der Waals surface area contributed by atoms with Gasteiger partial charge in [0.25, 0.3) is 0 Å². The van der Waals surface area contributed by atoms with E-state index in [9.17, 15) is 23.2 Å². The van der Waals surface area contributed by atoms with Crippen LogP contribution < -0.4 is 14.5 Å². The summed E-state index contributed by atoms with van der Waals surface area (Å²) < 4.78 is 48.4. The summed E-state index contributed by atoms with van der Waals surface area (Å²) in [4.78, 5) is 30.1. The number of aromatic nitrogens is 2. The minimum Gasteiger partial charge on any atom is -0.455 e. The maximum Gasteiger partial charge on any atom is 0.418 e. The molecule has 1 amide bonds. The summed E-state index contributed by atoms with van der Waals surface area (Å²) in [6, 6.07) is 7.98. The summed E-state index contributed by atoms with van der Waals surface area (Å²) in [5, 5.41) is 9.49.